The van der Waals surface area contributed by atoms with Crippen LogP contribution in [0.4, 0.5) is 10.5 Å². The third kappa shape index (κ3) is 4.19. The zero-order valence-corrected chi connectivity index (χ0v) is 15.2. The van der Waals surface area contributed by atoms with Gasteiger partial charge in [-0.15, -0.1) is 0 Å². The number of piperidine rings is 1. The number of aromatic nitrogens is 4. The van der Waals surface area contributed by atoms with Crippen molar-refractivity contribution in [2.24, 2.45) is 0 Å². The number of nitrogens with zero attached hydrogens (tertiary/aromatic N) is 5. The molecule has 1 aliphatic heterocycles. The van der Waals surface area contributed by atoms with Crippen LogP contribution in [-0.2, 0) is 6.54 Å². The molecule has 0 unspecified atom stereocenters. The van der Waals surface area contributed by atoms with E-state index in [1.165, 1.54) is 6.42 Å². The first-order valence-electron chi connectivity index (χ1n) is 9.43. The lowest BCUT2D eigenvalue weighted by Crippen LogP contribution is -2.46. The quantitative estimate of drug-likeness (QED) is 0.753. The second-order valence-corrected chi connectivity index (χ2v) is 6.85. The number of anilines is 1. The SMILES string of the molecule is O=C(Nc1ccc(-n2ccnc2)cc1)N1CCCC[C@@H]1CCn1cccn1. The van der Waals surface area contributed by atoms with Crippen LogP contribution in [0.3, 0.4) is 0 Å². The molecule has 2 aromatic heterocycles. The van der Waals surface area contributed by atoms with Crippen LogP contribution in [0.2, 0.25) is 0 Å². The summed E-state index contributed by atoms with van der Waals surface area (Å²) in [5.41, 5.74) is 1.82. The number of imidazole rings is 1. The van der Waals surface area contributed by atoms with Gasteiger partial charge < -0.3 is 14.8 Å². The number of likely N-dealkylation sites (tertiary alicyclic amines) is 1. The number of hydrogen-bond acceptors (Lipinski definition) is 3. The van der Waals surface area contributed by atoms with E-state index in [9.17, 15) is 4.79 Å². The number of aryl methyl sites for hydroxylation is 1. The molecule has 0 radical (unpaired) electrons. The molecule has 0 spiro atoms. The van der Waals surface area contributed by atoms with Crippen LogP contribution < -0.4 is 5.32 Å². The Morgan fingerprint density at radius 2 is 2.04 bits per heavy atom. The van der Waals surface area contributed by atoms with E-state index in [2.05, 4.69) is 15.4 Å². The summed E-state index contributed by atoms with van der Waals surface area (Å²) < 4.78 is 3.86. The largest absolute Gasteiger partial charge is 0.322 e. The van der Waals surface area contributed by atoms with Gasteiger partial charge in [0, 0.05) is 55.3 Å². The summed E-state index contributed by atoms with van der Waals surface area (Å²) in [4.78, 5) is 18.9. The van der Waals surface area contributed by atoms with Crippen LogP contribution in [0.15, 0.2) is 61.4 Å². The maximum atomic E-state index is 12.8. The Balaban J connectivity index is 1.38. The molecule has 1 aromatic carbocycles. The number of carbonyl (C=O) groups excluding carboxylic acids is 1. The first-order valence-corrected chi connectivity index (χ1v) is 9.43. The molecule has 27 heavy (non-hydrogen) atoms. The molecule has 1 aliphatic rings. The average molecular weight is 364 g/mol. The van der Waals surface area contributed by atoms with Gasteiger partial charge in [-0.2, -0.15) is 5.10 Å². The minimum Gasteiger partial charge on any atom is -0.321 e. The summed E-state index contributed by atoms with van der Waals surface area (Å²) in [6.45, 7) is 1.64. The van der Waals surface area contributed by atoms with Gasteiger partial charge >= 0.3 is 6.03 Å². The number of benzene rings is 1. The van der Waals surface area contributed by atoms with Crippen molar-refractivity contribution in [3.8, 4) is 5.69 Å². The molecule has 140 valence electrons. The molecule has 1 N–H and O–H groups in total. The van der Waals surface area contributed by atoms with Gasteiger partial charge in [0.1, 0.15) is 0 Å². The number of carbonyl (C=O) groups is 1. The van der Waals surface area contributed by atoms with E-state index in [1.54, 1.807) is 18.7 Å². The maximum Gasteiger partial charge on any atom is 0.322 e. The summed E-state index contributed by atoms with van der Waals surface area (Å²) in [5, 5.41) is 7.31. The normalized spacial score (nSPS) is 17.0. The number of rotatable bonds is 5. The van der Waals surface area contributed by atoms with Crippen molar-refractivity contribution in [3.63, 3.8) is 0 Å². The van der Waals surface area contributed by atoms with Crippen molar-refractivity contribution >= 4 is 11.7 Å². The topological polar surface area (TPSA) is 68.0 Å². The molecule has 3 heterocycles. The lowest BCUT2D eigenvalue weighted by atomic mass is 10.00. The Bertz CT molecular complexity index is 841. The molecular weight excluding hydrogens is 340 g/mol. The molecular formula is C20H24N6O. The van der Waals surface area contributed by atoms with E-state index in [0.29, 0.717) is 0 Å². The van der Waals surface area contributed by atoms with Gasteiger partial charge in [0.05, 0.1) is 6.33 Å². The molecule has 0 saturated carbocycles. The fraction of sp³-hybridized carbons (Fsp3) is 0.350. The summed E-state index contributed by atoms with van der Waals surface area (Å²) in [5.74, 6) is 0. The van der Waals surface area contributed by atoms with E-state index in [1.807, 2.05) is 56.9 Å². The van der Waals surface area contributed by atoms with Crippen LogP contribution in [0.5, 0.6) is 0 Å². The first kappa shape index (κ1) is 17.3. The summed E-state index contributed by atoms with van der Waals surface area (Å²) in [6, 6.07) is 9.97. The zero-order valence-electron chi connectivity index (χ0n) is 15.2. The third-order valence-corrected chi connectivity index (χ3v) is 5.06. The van der Waals surface area contributed by atoms with E-state index < -0.39 is 0 Å². The number of urea groups is 1. The number of nitrogens with one attached hydrogen (secondary N) is 1. The Morgan fingerprint density at radius 3 is 2.78 bits per heavy atom. The average Bonchev–Trinajstić information content (AvgIpc) is 3.41. The van der Waals surface area contributed by atoms with Gasteiger partial charge in [-0.05, 0) is 56.0 Å². The minimum absolute atomic E-state index is 0.0180. The van der Waals surface area contributed by atoms with Gasteiger partial charge in [0.25, 0.3) is 0 Å². The highest BCUT2D eigenvalue weighted by molar-refractivity contribution is 5.89. The summed E-state index contributed by atoms with van der Waals surface area (Å²) >= 11 is 0. The van der Waals surface area contributed by atoms with E-state index in [-0.39, 0.29) is 12.1 Å². The molecule has 0 aliphatic carbocycles. The smallest absolute Gasteiger partial charge is 0.321 e. The Kier molecular flexibility index (Phi) is 5.18. The van der Waals surface area contributed by atoms with Crippen LogP contribution in [0.1, 0.15) is 25.7 Å². The van der Waals surface area contributed by atoms with Crippen molar-refractivity contribution in [1.29, 1.82) is 0 Å². The van der Waals surface area contributed by atoms with Crippen molar-refractivity contribution in [2.75, 3.05) is 11.9 Å². The van der Waals surface area contributed by atoms with Crippen molar-refractivity contribution in [2.45, 2.75) is 38.3 Å². The van der Waals surface area contributed by atoms with Crippen LogP contribution in [0.25, 0.3) is 5.69 Å². The molecule has 7 nitrogen and oxygen atoms in total. The van der Waals surface area contributed by atoms with Crippen LogP contribution >= 0.6 is 0 Å². The summed E-state index contributed by atoms with van der Waals surface area (Å²) in [6.07, 6.45) is 13.4. The highest BCUT2D eigenvalue weighted by Gasteiger charge is 2.26. The van der Waals surface area contributed by atoms with E-state index >= 15 is 0 Å². The molecule has 0 bridgehead atoms. The lowest BCUT2D eigenvalue weighted by molar-refractivity contribution is 0.154. The molecule has 2 amide bonds. The predicted molar refractivity (Wildman–Crippen MR) is 104 cm³/mol. The van der Waals surface area contributed by atoms with Crippen LogP contribution in [0, 0.1) is 0 Å². The zero-order chi connectivity index (χ0) is 18.5. The number of amides is 2. The monoisotopic (exact) mass is 364 g/mol. The Hall–Kier alpha value is -3.09. The standard InChI is InChI=1S/C20H24N6O/c27-20(23-17-5-7-18(8-6-17)24-15-11-21-16-24)26-13-2-1-4-19(26)9-14-25-12-3-10-22-25/h3,5-8,10-12,15-16,19H,1-2,4,9,13-14H2,(H,23,27)/t19-/m1/s1. The fourth-order valence-electron chi connectivity index (χ4n) is 3.61. The maximum absolute atomic E-state index is 12.8. The minimum atomic E-state index is -0.0180. The molecule has 4 rings (SSSR count). The lowest BCUT2D eigenvalue weighted by Gasteiger charge is -2.35. The fourth-order valence-corrected chi connectivity index (χ4v) is 3.61. The third-order valence-electron chi connectivity index (χ3n) is 5.06. The van der Waals surface area contributed by atoms with Gasteiger partial charge in [0.2, 0.25) is 0 Å². The first-order chi connectivity index (χ1) is 13.3. The van der Waals surface area contributed by atoms with Crippen molar-refractivity contribution in [1.82, 2.24) is 24.2 Å². The number of hydrogen-bond donors (Lipinski definition) is 1. The molecule has 1 atom stereocenters. The van der Waals surface area contributed by atoms with E-state index in [4.69, 9.17) is 0 Å². The highest BCUT2D eigenvalue weighted by Crippen LogP contribution is 2.22. The summed E-state index contributed by atoms with van der Waals surface area (Å²) in [7, 11) is 0. The van der Waals surface area contributed by atoms with Gasteiger partial charge in [-0.25, -0.2) is 9.78 Å². The molecule has 1 saturated heterocycles. The van der Waals surface area contributed by atoms with Crippen LogP contribution in [-0.4, -0.2) is 42.8 Å². The van der Waals surface area contributed by atoms with Crippen molar-refractivity contribution in [3.05, 3.63) is 61.4 Å². The van der Waals surface area contributed by atoms with Crippen molar-refractivity contribution < 1.29 is 4.79 Å². The predicted octanol–water partition coefficient (Wildman–Crippen LogP) is 3.55. The molecule has 3 aromatic rings. The van der Waals surface area contributed by atoms with Gasteiger partial charge in [0.15, 0.2) is 0 Å². The second-order valence-electron chi connectivity index (χ2n) is 6.85. The Labute approximate surface area is 158 Å². The second kappa shape index (κ2) is 8.07. The Morgan fingerprint density at radius 1 is 1.15 bits per heavy atom. The van der Waals surface area contributed by atoms with Gasteiger partial charge in [-0.3, -0.25) is 4.68 Å². The molecule has 1 fully saturated rings. The van der Waals surface area contributed by atoms with Gasteiger partial charge in [-0.1, -0.05) is 0 Å². The van der Waals surface area contributed by atoms with E-state index in [0.717, 1.165) is 43.7 Å². The molecule has 7 heteroatoms. The highest BCUT2D eigenvalue weighted by atomic mass is 16.2.